The number of epoxide rings is 1. The summed E-state index contributed by atoms with van der Waals surface area (Å²) >= 11 is 0. The van der Waals surface area contributed by atoms with Gasteiger partial charge in [0.15, 0.2) is 12.6 Å². The van der Waals surface area contributed by atoms with Crippen LogP contribution in [0.3, 0.4) is 0 Å². The molecule has 9 rings (SSSR count). The van der Waals surface area contributed by atoms with Gasteiger partial charge in [-0.2, -0.15) is 0 Å². The van der Waals surface area contributed by atoms with Crippen LogP contribution in [0.2, 0.25) is 0 Å². The minimum Gasteiger partial charge on any atom is -0.462 e. The maximum absolute atomic E-state index is 12.9. The molecule has 0 aromatic carbocycles. The molecule has 48 heavy (non-hydrogen) atoms. The Kier molecular flexibility index (Phi) is 6.57. The summed E-state index contributed by atoms with van der Waals surface area (Å²) in [5.41, 5.74) is -0.191. The predicted molar refractivity (Wildman–Crippen MR) is 168 cm³/mol. The van der Waals surface area contributed by atoms with Gasteiger partial charge in [-0.1, -0.05) is 46.3 Å². The molecule has 3 spiro atoms. The van der Waals surface area contributed by atoms with E-state index < -0.39 is 42.3 Å². The molecule has 0 bridgehead atoms. The lowest BCUT2D eigenvalue weighted by Gasteiger charge is -2.62. The van der Waals surface area contributed by atoms with Crippen LogP contribution in [0.25, 0.3) is 0 Å². The smallest absolute Gasteiger partial charge is 0.302 e. The van der Waals surface area contributed by atoms with Crippen LogP contribution in [-0.2, 0) is 33.2 Å². The summed E-state index contributed by atoms with van der Waals surface area (Å²) in [5.74, 6) is -0.600. The second-order valence-electron chi connectivity index (χ2n) is 18.5. The number of ether oxygens (including phenoxy) is 6. The Morgan fingerprint density at radius 2 is 1.71 bits per heavy atom. The zero-order valence-electron chi connectivity index (χ0n) is 29.3. The van der Waals surface area contributed by atoms with E-state index in [4.69, 9.17) is 28.4 Å². The summed E-state index contributed by atoms with van der Waals surface area (Å²) in [6, 6.07) is 0. The van der Waals surface area contributed by atoms with Crippen molar-refractivity contribution >= 4 is 5.97 Å². The quantitative estimate of drug-likeness (QED) is 0.198. The molecule has 8 fully saturated rings. The van der Waals surface area contributed by atoms with E-state index in [1.54, 1.807) is 0 Å². The van der Waals surface area contributed by atoms with Gasteiger partial charge in [-0.15, -0.1) is 0 Å². The maximum atomic E-state index is 12.9. The lowest BCUT2D eigenvalue weighted by molar-refractivity contribution is -0.345. The molecule has 4 N–H and O–H groups in total. The fourth-order valence-corrected chi connectivity index (χ4v) is 13.8. The van der Waals surface area contributed by atoms with Gasteiger partial charge in [0.25, 0.3) is 0 Å². The lowest BCUT2D eigenvalue weighted by Crippen LogP contribution is -2.61. The molecular weight excluding hydrogens is 620 g/mol. The summed E-state index contributed by atoms with van der Waals surface area (Å²) in [5, 5.41) is 41.7. The molecule has 268 valence electrons. The Hall–Kier alpha value is -1.15. The average molecular weight is 675 g/mol. The van der Waals surface area contributed by atoms with Crippen molar-refractivity contribution in [1.29, 1.82) is 0 Å². The molecule has 4 aliphatic heterocycles. The van der Waals surface area contributed by atoms with Gasteiger partial charge >= 0.3 is 5.97 Å². The second-order valence-corrected chi connectivity index (χ2v) is 18.5. The Morgan fingerprint density at radius 3 is 2.38 bits per heavy atom. The van der Waals surface area contributed by atoms with Crippen LogP contribution in [-0.4, -0.2) is 99.7 Å². The summed E-state index contributed by atoms with van der Waals surface area (Å²) < 4.78 is 37.8. The van der Waals surface area contributed by atoms with Crippen molar-refractivity contribution in [3.63, 3.8) is 0 Å². The molecule has 0 aromatic heterocycles. The van der Waals surface area contributed by atoms with E-state index in [1.807, 2.05) is 6.92 Å². The summed E-state index contributed by atoms with van der Waals surface area (Å²) in [6.07, 6.45) is 1.68. The first kappa shape index (κ1) is 32.7. The van der Waals surface area contributed by atoms with E-state index in [0.717, 1.165) is 38.5 Å². The number of hydrogen-bond acceptors (Lipinski definition) is 11. The van der Waals surface area contributed by atoms with Gasteiger partial charge in [-0.25, -0.2) is 0 Å². The zero-order chi connectivity index (χ0) is 34.2. The third kappa shape index (κ3) is 3.69. The molecule has 4 heterocycles. The third-order valence-electron chi connectivity index (χ3n) is 16.1. The van der Waals surface area contributed by atoms with Crippen LogP contribution in [0.15, 0.2) is 11.6 Å². The number of carbonyl (C=O) groups excluding carboxylic acids is 1. The lowest BCUT2D eigenvalue weighted by atomic mass is 9.44. The van der Waals surface area contributed by atoms with Gasteiger partial charge in [-0.05, 0) is 74.0 Å². The summed E-state index contributed by atoms with van der Waals surface area (Å²) in [7, 11) is 0. The monoisotopic (exact) mass is 674 g/mol. The largest absolute Gasteiger partial charge is 0.462 e. The molecule has 9 aliphatic rings. The molecule has 11 nitrogen and oxygen atoms in total. The third-order valence-corrected chi connectivity index (χ3v) is 16.1. The predicted octanol–water partition coefficient (Wildman–Crippen LogP) is 2.95. The SMILES string of the molecule is CC(=O)O[C@@H]1CC23C[C@@]24CC[C@H](O[C@@H]2OC[C@@H](O)[C@@H](O)C2O)C(C)(C)[C@@H]4CC=C3[C@]2(C)C[C@@H]3OC4(C[C@@H](C)[C@@H]3[C@@]12C)OC(O)C1(C)OC41. The fraction of sp³-hybridized carbons (Fsp3) is 0.919. The second kappa shape index (κ2) is 9.63. The molecule has 0 amide bonds. The molecule has 0 radical (unpaired) electrons. The molecular formula is C37H54O11. The molecule has 5 aliphatic carbocycles. The molecule has 4 saturated carbocycles. The topological polar surface area (TPSA) is 157 Å². The van der Waals surface area contributed by atoms with E-state index in [0.29, 0.717) is 12.3 Å². The molecule has 0 aromatic rings. The van der Waals surface area contributed by atoms with Crippen LogP contribution in [0, 0.1) is 44.8 Å². The average Bonchev–Trinajstić information content (AvgIpc) is 3.84. The number of aliphatic hydroxyl groups is 4. The number of allylic oxidation sites excluding steroid dienone is 2. The van der Waals surface area contributed by atoms with E-state index in [-0.39, 0.29) is 75.9 Å². The van der Waals surface area contributed by atoms with E-state index in [9.17, 15) is 25.2 Å². The normalized spacial score (nSPS) is 61.6. The number of esters is 1. The van der Waals surface area contributed by atoms with Gasteiger partial charge in [0, 0.05) is 29.6 Å². The van der Waals surface area contributed by atoms with Crippen LogP contribution in [0.4, 0.5) is 0 Å². The van der Waals surface area contributed by atoms with E-state index >= 15 is 0 Å². The zero-order valence-corrected chi connectivity index (χ0v) is 29.3. The molecule has 6 unspecified atom stereocenters. The van der Waals surface area contributed by atoms with E-state index in [2.05, 4.69) is 40.7 Å². The highest BCUT2D eigenvalue weighted by molar-refractivity contribution is 5.66. The highest BCUT2D eigenvalue weighted by Crippen LogP contribution is 2.88. The first-order chi connectivity index (χ1) is 22.4. The highest BCUT2D eigenvalue weighted by atomic mass is 16.8. The van der Waals surface area contributed by atoms with Crippen molar-refractivity contribution in [2.45, 2.75) is 160 Å². The van der Waals surface area contributed by atoms with Crippen LogP contribution in [0.1, 0.15) is 93.4 Å². The Bertz CT molecular complexity index is 1450. The first-order valence-electron chi connectivity index (χ1n) is 18.3. The highest BCUT2D eigenvalue weighted by Gasteiger charge is 2.85. The van der Waals surface area contributed by atoms with Crippen LogP contribution < -0.4 is 0 Å². The number of aliphatic hydroxyl groups excluding tert-OH is 4. The number of hydrogen-bond donors (Lipinski definition) is 4. The van der Waals surface area contributed by atoms with Gasteiger partial charge in [0.05, 0.1) is 18.8 Å². The summed E-state index contributed by atoms with van der Waals surface area (Å²) in [4.78, 5) is 12.9. The Morgan fingerprint density at radius 1 is 0.958 bits per heavy atom. The Labute approximate surface area is 282 Å². The Balaban J connectivity index is 1.06. The van der Waals surface area contributed by atoms with Crippen LogP contribution >= 0.6 is 0 Å². The van der Waals surface area contributed by atoms with Crippen molar-refractivity contribution in [2.75, 3.05) is 6.61 Å². The van der Waals surface area contributed by atoms with Gasteiger partial charge in [-0.3, -0.25) is 4.79 Å². The fourth-order valence-electron chi connectivity index (χ4n) is 13.8. The first-order valence-corrected chi connectivity index (χ1v) is 18.3. The standard InChI is InChI=1S/C37H54O11/c1-17-12-37(29-34(7,47-29)30(42)48-37)46-20-13-32(5)22-9-8-21-31(3,4)23(45-28-27(41)26(40)19(39)15-43-28)10-11-35(21)16-36(22,35)14-24(44-18(2)38)33(32,6)25(17)20/h9,17,19-21,23-30,39-42H,8,10-16H2,1-7H3/t17-,19-,20+,21+,23+,24-,25+,26-,27?,28+,29?,30?,32+,33-,34?,35-,36?,37?/m1/s1. The van der Waals surface area contributed by atoms with Crippen molar-refractivity contribution in [3.8, 4) is 0 Å². The van der Waals surface area contributed by atoms with Gasteiger partial charge < -0.3 is 48.8 Å². The number of rotatable bonds is 3. The van der Waals surface area contributed by atoms with Crippen molar-refractivity contribution < 1.29 is 53.6 Å². The maximum Gasteiger partial charge on any atom is 0.302 e. The molecule has 18 atom stereocenters. The van der Waals surface area contributed by atoms with Crippen molar-refractivity contribution in [3.05, 3.63) is 11.6 Å². The number of fused-ring (bicyclic) bond motifs is 6. The summed E-state index contributed by atoms with van der Waals surface area (Å²) in [6.45, 7) is 14.9. The van der Waals surface area contributed by atoms with Gasteiger partial charge in [0.1, 0.15) is 36.1 Å². The van der Waals surface area contributed by atoms with Gasteiger partial charge in [0.2, 0.25) is 5.79 Å². The molecule has 11 heteroatoms. The molecule has 4 saturated heterocycles. The van der Waals surface area contributed by atoms with E-state index in [1.165, 1.54) is 12.5 Å². The minimum absolute atomic E-state index is 0.0364. The van der Waals surface area contributed by atoms with Crippen molar-refractivity contribution in [1.82, 2.24) is 0 Å². The van der Waals surface area contributed by atoms with Crippen molar-refractivity contribution in [2.24, 2.45) is 44.8 Å². The van der Waals surface area contributed by atoms with Crippen LogP contribution in [0.5, 0.6) is 0 Å². The number of carbonyl (C=O) groups is 1. The minimum atomic E-state index is -1.32.